The molecule has 0 aliphatic heterocycles. The van der Waals surface area contributed by atoms with Crippen molar-refractivity contribution < 1.29 is 13.9 Å². The van der Waals surface area contributed by atoms with Crippen LogP contribution in [0.2, 0.25) is 0 Å². The fourth-order valence-corrected chi connectivity index (χ4v) is 7.08. The zero-order valence-corrected chi connectivity index (χ0v) is 28.6. The smallest absolute Gasteiger partial charge is 0.129 e. The Bertz CT molecular complexity index is 1460. The predicted molar refractivity (Wildman–Crippen MR) is 191 cm³/mol. The van der Waals surface area contributed by atoms with Crippen molar-refractivity contribution in [2.75, 3.05) is 10.6 Å². The van der Waals surface area contributed by atoms with Crippen LogP contribution in [0, 0.1) is 0 Å². The van der Waals surface area contributed by atoms with Gasteiger partial charge >= 0.3 is 0 Å². The molecule has 46 heavy (non-hydrogen) atoms. The lowest BCUT2D eigenvalue weighted by Gasteiger charge is -2.26. The van der Waals surface area contributed by atoms with Gasteiger partial charge in [0.2, 0.25) is 0 Å². The average molecular weight is 625 g/mol. The first-order valence-corrected chi connectivity index (χ1v) is 17.9. The van der Waals surface area contributed by atoms with E-state index in [2.05, 4.69) is 74.7 Å². The van der Waals surface area contributed by atoms with E-state index in [1.165, 1.54) is 103 Å². The van der Waals surface area contributed by atoms with Crippen molar-refractivity contribution in [2.24, 2.45) is 0 Å². The van der Waals surface area contributed by atoms with Gasteiger partial charge in [0.15, 0.2) is 0 Å². The van der Waals surface area contributed by atoms with Crippen molar-refractivity contribution in [1.29, 1.82) is 0 Å². The summed E-state index contributed by atoms with van der Waals surface area (Å²) in [5.74, 6) is 4.02. The molecule has 248 valence electrons. The Morgan fingerprint density at radius 1 is 0.652 bits per heavy atom. The number of furan rings is 2. The third-order valence-corrected chi connectivity index (χ3v) is 9.96. The molecule has 2 aliphatic rings. The summed E-state index contributed by atoms with van der Waals surface area (Å²) in [5, 5.41) is 16.3. The van der Waals surface area contributed by atoms with Gasteiger partial charge in [0.1, 0.15) is 18.1 Å². The van der Waals surface area contributed by atoms with Crippen molar-refractivity contribution in [3.05, 3.63) is 106 Å². The van der Waals surface area contributed by atoms with E-state index in [0.717, 1.165) is 18.2 Å². The number of rotatable bonds is 11. The van der Waals surface area contributed by atoms with Gasteiger partial charge in [-0.2, -0.15) is 0 Å². The molecule has 2 aliphatic carbocycles. The van der Waals surface area contributed by atoms with Gasteiger partial charge in [0.05, 0.1) is 19.1 Å². The summed E-state index contributed by atoms with van der Waals surface area (Å²) in [6, 6.07) is 19.7. The normalized spacial score (nSPS) is 16.0. The molecule has 5 nitrogen and oxygen atoms in total. The second-order valence-corrected chi connectivity index (χ2v) is 14.0. The van der Waals surface area contributed by atoms with E-state index in [1.54, 1.807) is 6.26 Å². The lowest BCUT2D eigenvalue weighted by atomic mass is 9.82. The molecule has 2 fully saturated rings. The molecule has 0 spiro atoms. The monoisotopic (exact) mass is 624 g/mol. The number of hydrogen-bond acceptors (Lipinski definition) is 5. The van der Waals surface area contributed by atoms with Crippen LogP contribution in [0.4, 0.5) is 11.4 Å². The summed E-state index contributed by atoms with van der Waals surface area (Å²) in [6.45, 7) is 10.5. The second kappa shape index (κ2) is 16.9. The fraction of sp³-hybridized carbons (Fsp3) is 0.512. The fourth-order valence-electron chi connectivity index (χ4n) is 7.08. The van der Waals surface area contributed by atoms with E-state index >= 15 is 0 Å². The zero-order chi connectivity index (χ0) is 32.3. The Kier molecular flexibility index (Phi) is 12.5. The topological polar surface area (TPSA) is 70.6 Å². The van der Waals surface area contributed by atoms with Gasteiger partial charge in [-0.15, -0.1) is 0 Å². The van der Waals surface area contributed by atoms with Crippen molar-refractivity contribution in [1.82, 2.24) is 0 Å². The molecule has 0 saturated heterocycles. The molecular formula is C41H56N2O3. The standard InChI is InChI=1S/C21H29NO2.C20H27NO/c1-15(2)17-8-11-21(20(12-17)16-6-4-3-5-7-16)22-13-18-9-10-19(14-23)24-18;1-15(2)18-8-9-20(21-13-16-10-11-22-14-16)19(12-18)17-6-4-3-5-7-17/h8-12,15-16,22-23H,3-7,13-14H2,1-2H3;8-12,14-15,17,21H,3-7,13H2,1-2H3. The van der Waals surface area contributed by atoms with Gasteiger partial charge in [-0.25, -0.2) is 0 Å². The van der Waals surface area contributed by atoms with Crippen molar-refractivity contribution in [3.8, 4) is 0 Å². The lowest BCUT2D eigenvalue weighted by molar-refractivity contribution is 0.244. The molecule has 2 saturated carbocycles. The minimum atomic E-state index is -0.0452. The minimum absolute atomic E-state index is 0.0452. The Morgan fingerprint density at radius 3 is 1.63 bits per heavy atom. The lowest BCUT2D eigenvalue weighted by Crippen LogP contribution is -2.10. The van der Waals surface area contributed by atoms with Gasteiger partial charge in [-0.1, -0.05) is 90.5 Å². The number of aliphatic hydroxyl groups excluding tert-OH is 1. The molecule has 2 heterocycles. The molecule has 0 bridgehead atoms. The Labute approximate surface area is 277 Å². The first-order chi connectivity index (χ1) is 22.4. The first kappa shape index (κ1) is 33.9. The Balaban J connectivity index is 0.000000182. The van der Waals surface area contributed by atoms with Gasteiger partial charge in [0.25, 0.3) is 0 Å². The largest absolute Gasteiger partial charge is 0.472 e. The van der Waals surface area contributed by atoms with Crippen LogP contribution < -0.4 is 10.6 Å². The third-order valence-electron chi connectivity index (χ3n) is 9.96. The maximum Gasteiger partial charge on any atom is 0.129 e. The highest BCUT2D eigenvalue weighted by atomic mass is 16.4. The molecule has 0 amide bonds. The molecule has 2 aromatic carbocycles. The van der Waals surface area contributed by atoms with E-state index in [4.69, 9.17) is 13.9 Å². The average Bonchev–Trinajstić information content (AvgIpc) is 3.80. The van der Waals surface area contributed by atoms with Crippen LogP contribution in [0.3, 0.4) is 0 Å². The van der Waals surface area contributed by atoms with Gasteiger partial charge in [0, 0.05) is 23.5 Å². The highest BCUT2D eigenvalue weighted by molar-refractivity contribution is 5.56. The van der Waals surface area contributed by atoms with E-state index in [1.807, 2.05) is 24.5 Å². The molecule has 0 unspecified atom stereocenters. The van der Waals surface area contributed by atoms with Crippen molar-refractivity contribution in [3.63, 3.8) is 0 Å². The van der Waals surface area contributed by atoms with Gasteiger partial charge < -0.3 is 24.6 Å². The number of hydrogen-bond donors (Lipinski definition) is 3. The summed E-state index contributed by atoms with van der Waals surface area (Å²) < 4.78 is 10.7. The zero-order valence-electron chi connectivity index (χ0n) is 28.6. The first-order valence-electron chi connectivity index (χ1n) is 17.9. The van der Waals surface area contributed by atoms with Crippen molar-refractivity contribution in [2.45, 2.75) is 135 Å². The van der Waals surface area contributed by atoms with E-state index < -0.39 is 0 Å². The van der Waals surface area contributed by atoms with E-state index in [0.29, 0.717) is 30.1 Å². The molecule has 4 aromatic rings. The maximum absolute atomic E-state index is 9.12. The molecule has 0 radical (unpaired) electrons. The Hall–Kier alpha value is -3.44. The van der Waals surface area contributed by atoms with Crippen LogP contribution >= 0.6 is 0 Å². The quantitative estimate of drug-likeness (QED) is 0.155. The van der Waals surface area contributed by atoms with Crippen LogP contribution in [-0.2, 0) is 19.7 Å². The molecule has 2 aromatic heterocycles. The van der Waals surface area contributed by atoms with Crippen LogP contribution in [0.5, 0.6) is 0 Å². The van der Waals surface area contributed by atoms with Crippen LogP contribution in [0.1, 0.15) is 155 Å². The number of anilines is 2. The molecule has 0 atom stereocenters. The minimum Gasteiger partial charge on any atom is -0.472 e. The molecular weight excluding hydrogens is 568 g/mol. The van der Waals surface area contributed by atoms with Gasteiger partial charge in [-0.05, 0) is 102 Å². The van der Waals surface area contributed by atoms with Crippen LogP contribution in [-0.4, -0.2) is 5.11 Å². The number of aliphatic hydroxyl groups is 1. The van der Waals surface area contributed by atoms with Crippen LogP contribution in [0.15, 0.2) is 76.0 Å². The summed E-state index contributed by atoms with van der Waals surface area (Å²) in [5.41, 5.74) is 9.59. The van der Waals surface area contributed by atoms with Gasteiger partial charge in [-0.3, -0.25) is 0 Å². The third kappa shape index (κ3) is 9.31. The van der Waals surface area contributed by atoms with Crippen LogP contribution in [0.25, 0.3) is 0 Å². The summed E-state index contributed by atoms with van der Waals surface area (Å²) in [6.07, 6.45) is 17.0. The second-order valence-electron chi connectivity index (χ2n) is 14.0. The Morgan fingerprint density at radius 2 is 1.17 bits per heavy atom. The predicted octanol–water partition coefficient (Wildman–Crippen LogP) is 11.6. The molecule has 5 heteroatoms. The highest BCUT2D eigenvalue weighted by Crippen LogP contribution is 2.39. The summed E-state index contributed by atoms with van der Waals surface area (Å²) >= 11 is 0. The summed E-state index contributed by atoms with van der Waals surface area (Å²) in [4.78, 5) is 0. The van der Waals surface area contributed by atoms with E-state index in [-0.39, 0.29) is 6.61 Å². The number of nitrogens with one attached hydrogen (secondary N) is 2. The van der Waals surface area contributed by atoms with Crippen molar-refractivity contribution >= 4 is 11.4 Å². The SMILES string of the molecule is CC(C)c1ccc(NCc2ccc(CO)o2)c(C2CCCCC2)c1.CC(C)c1ccc(NCc2ccoc2)c(C2CCCCC2)c1. The summed E-state index contributed by atoms with van der Waals surface area (Å²) in [7, 11) is 0. The molecule has 3 N–H and O–H groups in total. The maximum atomic E-state index is 9.12. The number of benzene rings is 2. The van der Waals surface area contributed by atoms with E-state index in [9.17, 15) is 0 Å². The highest BCUT2D eigenvalue weighted by Gasteiger charge is 2.21. The molecule has 6 rings (SSSR count).